The Kier molecular flexibility index (Phi) is 5.97. The van der Waals surface area contributed by atoms with Crippen LogP contribution in [0.1, 0.15) is 50.7 Å². The molecule has 1 saturated carbocycles. The number of rotatable bonds is 5. The summed E-state index contributed by atoms with van der Waals surface area (Å²) in [6.07, 6.45) is 2.46. The van der Waals surface area contributed by atoms with Gasteiger partial charge in [-0.1, -0.05) is 127 Å². The minimum absolute atomic E-state index is 0.0183. The lowest BCUT2D eigenvalue weighted by atomic mass is 9.77. The maximum Gasteiger partial charge on any atom is 0.165 e. The van der Waals surface area contributed by atoms with Crippen LogP contribution < -0.4 is 4.74 Å². The SMILES string of the molecule is [2H]c1cc([2H])c2c(c1[2H])c1c([2H])c([2H])cc([2H])c1n2-c1ccc(-c2cccc3c2oc2ccccc23)cc1-c1nc(-c2ccccc2)nc(C2CCC3c4ccccc4OC3C2)n1. The molecule has 6 nitrogen and oxygen atoms in total. The number of furan rings is 1. The van der Waals surface area contributed by atoms with Crippen LogP contribution in [0.4, 0.5) is 0 Å². The smallest absolute Gasteiger partial charge is 0.165 e. The van der Waals surface area contributed by atoms with Crippen LogP contribution in [-0.4, -0.2) is 25.6 Å². The quantitative estimate of drug-likeness (QED) is 0.176. The first-order valence-corrected chi connectivity index (χ1v) is 19.4. The van der Waals surface area contributed by atoms with Gasteiger partial charge in [0.2, 0.25) is 0 Å². The second-order valence-corrected chi connectivity index (χ2v) is 14.9. The summed E-state index contributed by atoms with van der Waals surface area (Å²) in [5.74, 6) is 2.68. The molecule has 2 aliphatic rings. The molecule has 6 heteroatoms. The van der Waals surface area contributed by atoms with Crippen molar-refractivity contribution in [3.05, 3.63) is 175 Å². The van der Waals surface area contributed by atoms with E-state index >= 15 is 0 Å². The molecule has 3 unspecified atom stereocenters. The van der Waals surface area contributed by atoms with Crippen molar-refractivity contribution in [1.82, 2.24) is 19.5 Å². The van der Waals surface area contributed by atoms with Crippen LogP contribution in [0.2, 0.25) is 0 Å². The predicted octanol–water partition coefficient (Wildman–Crippen LogP) is 12.7. The lowest BCUT2D eigenvalue weighted by Crippen LogP contribution is -2.28. The summed E-state index contributed by atoms with van der Waals surface area (Å²) in [5, 5.41) is 2.32. The van der Waals surface area contributed by atoms with Gasteiger partial charge in [0.1, 0.15) is 28.8 Å². The van der Waals surface area contributed by atoms with E-state index in [4.69, 9.17) is 29.6 Å². The largest absolute Gasteiger partial charge is 0.489 e. The molecule has 0 radical (unpaired) electrons. The maximum absolute atomic E-state index is 9.28. The zero-order chi connectivity index (χ0) is 42.7. The van der Waals surface area contributed by atoms with E-state index in [1.165, 1.54) is 17.7 Å². The Bertz CT molecular complexity index is 3460. The van der Waals surface area contributed by atoms with Gasteiger partial charge in [-0.15, -0.1) is 0 Å². The van der Waals surface area contributed by atoms with Gasteiger partial charge >= 0.3 is 0 Å². The fourth-order valence-corrected chi connectivity index (χ4v) is 9.13. The highest BCUT2D eigenvalue weighted by Crippen LogP contribution is 2.49. The number of aromatic nitrogens is 4. The minimum atomic E-state index is -0.182. The highest BCUT2D eigenvalue weighted by molar-refractivity contribution is 6.11. The van der Waals surface area contributed by atoms with E-state index in [1.54, 1.807) is 4.57 Å². The molecule has 0 bridgehead atoms. The predicted molar refractivity (Wildman–Crippen MR) is 228 cm³/mol. The molecular weight excluding hydrogens is 701 g/mol. The van der Waals surface area contributed by atoms with E-state index < -0.39 is 0 Å². The van der Waals surface area contributed by atoms with Crippen molar-refractivity contribution < 1.29 is 17.4 Å². The number of ether oxygens (including phenoxy) is 1. The van der Waals surface area contributed by atoms with Crippen LogP contribution in [0.5, 0.6) is 5.75 Å². The number of nitrogens with zero attached hydrogens (tertiary/aromatic N) is 4. The third-order valence-electron chi connectivity index (χ3n) is 11.8. The fraction of sp³-hybridized carbons (Fsp3) is 0.118. The van der Waals surface area contributed by atoms with Crippen molar-refractivity contribution >= 4 is 43.7 Å². The van der Waals surface area contributed by atoms with E-state index in [0.717, 1.165) is 63.6 Å². The van der Waals surface area contributed by atoms with Gasteiger partial charge in [0.25, 0.3) is 0 Å². The Morgan fingerprint density at radius 3 is 2.21 bits per heavy atom. The van der Waals surface area contributed by atoms with Gasteiger partial charge in [-0.05, 0) is 61.2 Å². The van der Waals surface area contributed by atoms with Crippen LogP contribution >= 0.6 is 0 Å². The molecule has 57 heavy (non-hydrogen) atoms. The first-order valence-electron chi connectivity index (χ1n) is 22.4. The summed E-state index contributed by atoms with van der Waals surface area (Å²) < 4.78 is 68.7. The Labute approximate surface area is 337 Å². The molecule has 0 spiro atoms. The van der Waals surface area contributed by atoms with Crippen LogP contribution in [0.25, 0.3) is 83.3 Å². The van der Waals surface area contributed by atoms with Crippen molar-refractivity contribution in [2.24, 2.45) is 0 Å². The molecule has 272 valence electrons. The van der Waals surface area contributed by atoms with Gasteiger partial charge in [0.05, 0.1) is 24.9 Å². The van der Waals surface area contributed by atoms with E-state index in [9.17, 15) is 2.74 Å². The van der Waals surface area contributed by atoms with Crippen LogP contribution in [0.15, 0.2) is 168 Å². The number of hydrogen-bond acceptors (Lipinski definition) is 5. The molecule has 1 aliphatic carbocycles. The number of benzene rings is 7. The zero-order valence-electron chi connectivity index (χ0n) is 36.6. The van der Waals surface area contributed by atoms with Crippen molar-refractivity contribution in [1.29, 1.82) is 0 Å². The third-order valence-corrected chi connectivity index (χ3v) is 11.8. The Hall–Kier alpha value is -7.05. The lowest BCUT2D eigenvalue weighted by Gasteiger charge is -2.30. The summed E-state index contributed by atoms with van der Waals surface area (Å²) in [7, 11) is 0. The second-order valence-electron chi connectivity index (χ2n) is 14.9. The molecule has 0 N–H and O–H groups in total. The minimum Gasteiger partial charge on any atom is -0.489 e. The zero-order valence-corrected chi connectivity index (χ0v) is 30.6. The van der Waals surface area contributed by atoms with E-state index in [1.807, 2.05) is 103 Å². The molecule has 0 saturated heterocycles. The Morgan fingerprint density at radius 2 is 1.35 bits per heavy atom. The van der Waals surface area contributed by atoms with Crippen LogP contribution in [0, 0.1) is 0 Å². The van der Waals surface area contributed by atoms with Gasteiger partial charge < -0.3 is 13.7 Å². The fourth-order valence-electron chi connectivity index (χ4n) is 9.13. The van der Waals surface area contributed by atoms with Gasteiger partial charge in [-0.2, -0.15) is 0 Å². The van der Waals surface area contributed by atoms with Gasteiger partial charge in [0, 0.05) is 55.6 Å². The Balaban J connectivity index is 1.14. The van der Waals surface area contributed by atoms with E-state index in [2.05, 4.69) is 12.1 Å². The van der Waals surface area contributed by atoms with Crippen LogP contribution in [0.3, 0.4) is 0 Å². The Morgan fingerprint density at radius 1 is 0.596 bits per heavy atom. The molecule has 1 aliphatic heterocycles. The number of para-hydroxylation sites is 5. The molecule has 3 atom stereocenters. The molecule has 10 aromatic rings. The summed E-state index contributed by atoms with van der Waals surface area (Å²) >= 11 is 0. The summed E-state index contributed by atoms with van der Waals surface area (Å²) in [5.41, 5.74) is 6.76. The molecule has 0 amide bonds. The molecule has 7 aromatic carbocycles. The topological polar surface area (TPSA) is 66.0 Å². The van der Waals surface area contributed by atoms with Gasteiger partial charge in [-0.25, -0.2) is 15.0 Å². The second kappa shape index (κ2) is 12.8. The maximum atomic E-state index is 9.28. The summed E-state index contributed by atoms with van der Waals surface area (Å²) in [4.78, 5) is 15.7. The first kappa shape index (κ1) is 26.7. The van der Waals surface area contributed by atoms with Crippen molar-refractivity contribution in [3.63, 3.8) is 0 Å². The van der Waals surface area contributed by atoms with Crippen molar-refractivity contribution in [2.45, 2.75) is 37.2 Å². The standard InChI is InChI=1S/C51H36N4O2/c1-2-13-31(14-3-1)49-52-50(33-25-27-39-37-17-6-10-23-45(37)56-47(39)30-33)54-51(53-49)41-29-32(34-19-12-20-40-38-18-7-11-24-46(38)57-48(34)40)26-28-44(41)55-42-21-8-4-15-35(42)36-16-5-9-22-43(36)55/h1-24,26,28-29,33,39,47H,25,27,30H2/i4D,5D,15D,16D,21D,22D. The van der Waals surface area contributed by atoms with Gasteiger partial charge in [-0.3, -0.25) is 0 Å². The van der Waals surface area contributed by atoms with Gasteiger partial charge in [0.15, 0.2) is 11.6 Å². The first-order chi connectivity index (χ1) is 30.7. The normalized spacial score (nSPS) is 19.1. The molecule has 1 fully saturated rings. The highest BCUT2D eigenvalue weighted by Gasteiger charge is 2.40. The average molecular weight is 743 g/mol. The van der Waals surface area contributed by atoms with E-state index in [-0.39, 0.29) is 70.1 Å². The summed E-state index contributed by atoms with van der Waals surface area (Å²) in [6.45, 7) is 0. The van der Waals surface area contributed by atoms with Crippen molar-refractivity contribution in [3.8, 4) is 45.3 Å². The summed E-state index contributed by atoms with van der Waals surface area (Å²) in [6, 6.07) is 39.8. The monoisotopic (exact) mass is 742 g/mol. The number of fused-ring (bicyclic) bond motifs is 9. The molecule has 12 rings (SSSR count). The average Bonchev–Trinajstić information content (AvgIpc) is 4.00. The molecular formula is C51H36N4O2. The number of hydrogen-bond donors (Lipinski definition) is 0. The highest BCUT2D eigenvalue weighted by atomic mass is 16.5. The molecule has 4 heterocycles. The molecule has 3 aromatic heterocycles. The van der Waals surface area contributed by atoms with Crippen LogP contribution in [-0.2, 0) is 0 Å². The van der Waals surface area contributed by atoms with E-state index in [0.29, 0.717) is 34.6 Å². The lowest BCUT2D eigenvalue weighted by molar-refractivity contribution is 0.149. The van der Waals surface area contributed by atoms with Crippen molar-refractivity contribution in [2.75, 3.05) is 0 Å². The third kappa shape index (κ3) is 5.14.